The first-order valence-electron chi connectivity index (χ1n) is 10.7. The molecule has 0 bridgehead atoms. The Morgan fingerprint density at radius 3 is 2.40 bits per heavy atom. The molecule has 182 valence electrons. The van der Waals surface area contributed by atoms with Gasteiger partial charge in [-0.1, -0.05) is 35.1 Å². The molecule has 2 aromatic carbocycles. The quantitative estimate of drug-likeness (QED) is 0.507. The highest BCUT2D eigenvalue weighted by Gasteiger charge is 2.33. The van der Waals surface area contributed by atoms with Crippen LogP contribution in [0.3, 0.4) is 0 Å². The van der Waals surface area contributed by atoms with Gasteiger partial charge in [0.1, 0.15) is 0 Å². The summed E-state index contributed by atoms with van der Waals surface area (Å²) < 4.78 is 17.6. The van der Waals surface area contributed by atoms with Gasteiger partial charge < -0.3 is 19.3 Å². The highest BCUT2D eigenvalue weighted by Crippen LogP contribution is 2.37. The van der Waals surface area contributed by atoms with Gasteiger partial charge in [-0.25, -0.2) is 9.79 Å². The molecule has 1 aliphatic rings. The molecular formula is C25H23ClN2O6S. The van der Waals surface area contributed by atoms with Gasteiger partial charge in [0.2, 0.25) is 5.75 Å². The zero-order valence-electron chi connectivity index (χ0n) is 19.5. The van der Waals surface area contributed by atoms with Gasteiger partial charge >= 0.3 is 5.97 Å². The number of hydrogen-bond donors (Lipinski definition) is 1. The first-order chi connectivity index (χ1) is 16.8. The maximum absolute atomic E-state index is 13.6. The summed E-state index contributed by atoms with van der Waals surface area (Å²) in [7, 11) is 2.86. The Morgan fingerprint density at radius 2 is 1.83 bits per heavy atom. The molecule has 0 fully saturated rings. The highest BCUT2D eigenvalue weighted by atomic mass is 35.5. The van der Waals surface area contributed by atoms with Gasteiger partial charge in [0.05, 0.1) is 42.7 Å². The molecule has 2 heterocycles. The molecule has 0 radical (unpaired) electrons. The Labute approximate surface area is 210 Å². The molecule has 1 aromatic heterocycles. The van der Waals surface area contributed by atoms with Crippen LogP contribution < -0.4 is 24.4 Å². The van der Waals surface area contributed by atoms with Gasteiger partial charge in [-0.2, -0.15) is 0 Å². The van der Waals surface area contributed by atoms with Crippen LogP contribution in [0.2, 0.25) is 5.02 Å². The number of aromatic hydroxyl groups is 1. The molecule has 0 amide bonds. The molecule has 0 unspecified atom stereocenters. The third kappa shape index (κ3) is 4.56. The molecular weight excluding hydrogens is 492 g/mol. The number of aromatic nitrogens is 1. The van der Waals surface area contributed by atoms with Crippen LogP contribution in [-0.4, -0.2) is 36.5 Å². The minimum atomic E-state index is -0.728. The van der Waals surface area contributed by atoms with Crippen molar-refractivity contribution in [3.8, 4) is 17.2 Å². The van der Waals surface area contributed by atoms with Crippen LogP contribution in [0.25, 0.3) is 6.08 Å². The van der Waals surface area contributed by atoms with Gasteiger partial charge in [-0.3, -0.25) is 9.36 Å². The van der Waals surface area contributed by atoms with Gasteiger partial charge in [0.15, 0.2) is 16.3 Å². The Morgan fingerprint density at radius 1 is 1.20 bits per heavy atom. The van der Waals surface area contributed by atoms with E-state index in [2.05, 4.69) is 4.99 Å². The third-order valence-electron chi connectivity index (χ3n) is 5.50. The van der Waals surface area contributed by atoms with E-state index in [1.165, 1.54) is 30.1 Å². The van der Waals surface area contributed by atoms with E-state index in [-0.39, 0.29) is 29.4 Å². The number of ether oxygens (including phenoxy) is 3. The maximum Gasteiger partial charge on any atom is 0.338 e. The summed E-state index contributed by atoms with van der Waals surface area (Å²) in [6, 6.07) is 9.44. The Kier molecular flexibility index (Phi) is 7.00. The van der Waals surface area contributed by atoms with Crippen molar-refractivity contribution in [2.75, 3.05) is 20.8 Å². The summed E-state index contributed by atoms with van der Waals surface area (Å²) in [5, 5.41) is 10.7. The standard InChI is InChI=1S/C25H23ClN2O6S/c1-5-34-24(31)20-13(2)27-25-28(21(20)15-6-8-16(26)9-7-15)23(30)19(35-25)12-14-10-17(32-3)22(29)18(11-14)33-4/h6-12,21,29H,5H2,1-4H3/b19-12+/t21-/m1/s1. The SMILES string of the molecule is CCOC(=O)C1=C(C)N=c2s/c(=C/c3cc(OC)c(O)c(OC)c3)c(=O)n2[C@@H]1c1ccc(Cl)cc1. The number of halogens is 1. The van der Waals surface area contributed by atoms with Crippen molar-refractivity contribution < 1.29 is 24.1 Å². The van der Waals surface area contributed by atoms with Crippen molar-refractivity contribution in [1.29, 1.82) is 0 Å². The van der Waals surface area contributed by atoms with E-state index in [1.54, 1.807) is 56.3 Å². The van der Waals surface area contributed by atoms with Crippen molar-refractivity contribution in [3.63, 3.8) is 0 Å². The fraction of sp³-hybridized carbons (Fsp3) is 0.240. The van der Waals surface area contributed by atoms with Crippen LogP contribution in [0.4, 0.5) is 0 Å². The van der Waals surface area contributed by atoms with Crippen molar-refractivity contribution in [3.05, 3.63) is 83.5 Å². The van der Waals surface area contributed by atoms with E-state index in [0.29, 0.717) is 36.8 Å². The smallest absolute Gasteiger partial charge is 0.338 e. The topological polar surface area (TPSA) is 99.4 Å². The number of fused-ring (bicyclic) bond motifs is 1. The number of rotatable bonds is 6. The molecule has 1 atom stereocenters. The molecule has 10 heteroatoms. The average molecular weight is 515 g/mol. The second-order valence-corrected chi connectivity index (χ2v) is 9.07. The largest absolute Gasteiger partial charge is 0.502 e. The lowest BCUT2D eigenvalue weighted by Crippen LogP contribution is -2.39. The van der Waals surface area contributed by atoms with Crippen molar-refractivity contribution in [2.24, 2.45) is 4.99 Å². The molecule has 8 nitrogen and oxygen atoms in total. The lowest BCUT2D eigenvalue weighted by atomic mass is 9.96. The predicted octanol–water partition coefficient (Wildman–Crippen LogP) is 3.17. The lowest BCUT2D eigenvalue weighted by Gasteiger charge is -2.24. The summed E-state index contributed by atoms with van der Waals surface area (Å²) >= 11 is 7.27. The minimum Gasteiger partial charge on any atom is -0.502 e. The number of carbonyl (C=O) groups is 1. The summed E-state index contributed by atoms with van der Waals surface area (Å²) in [6.07, 6.45) is 1.66. The molecule has 1 aliphatic heterocycles. The van der Waals surface area contributed by atoms with Crippen LogP contribution in [0.1, 0.15) is 31.0 Å². The zero-order chi connectivity index (χ0) is 25.3. The number of hydrogen-bond acceptors (Lipinski definition) is 8. The summed E-state index contributed by atoms with van der Waals surface area (Å²) in [5.41, 5.74) is 1.73. The number of methoxy groups -OCH3 is 2. The number of esters is 1. The van der Waals surface area contributed by atoms with Crippen LogP contribution >= 0.6 is 22.9 Å². The number of thiazole rings is 1. The van der Waals surface area contributed by atoms with Crippen LogP contribution in [-0.2, 0) is 9.53 Å². The normalized spacial score (nSPS) is 15.5. The lowest BCUT2D eigenvalue weighted by molar-refractivity contribution is -0.139. The zero-order valence-corrected chi connectivity index (χ0v) is 21.1. The minimum absolute atomic E-state index is 0.133. The summed E-state index contributed by atoms with van der Waals surface area (Å²) in [5.74, 6) is -0.243. The van der Waals surface area contributed by atoms with E-state index in [9.17, 15) is 14.7 Å². The second-order valence-electron chi connectivity index (χ2n) is 7.63. The number of nitrogens with zero attached hydrogens (tertiary/aromatic N) is 2. The third-order valence-corrected chi connectivity index (χ3v) is 6.74. The van der Waals surface area contributed by atoms with Crippen LogP contribution in [0.15, 0.2) is 57.5 Å². The highest BCUT2D eigenvalue weighted by molar-refractivity contribution is 7.07. The van der Waals surface area contributed by atoms with E-state index < -0.39 is 12.0 Å². The fourth-order valence-electron chi connectivity index (χ4n) is 3.90. The van der Waals surface area contributed by atoms with Crippen molar-refractivity contribution in [1.82, 2.24) is 4.57 Å². The Hall–Kier alpha value is -3.56. The maximum atomic E-state index is 13.6. The monoisotopic (exact) mass is 514 g/mol. The van der Waals surface area contributed by atoms with E-state index in [1.807, 2.05) is 0 Å². The second kappa shape index (κ2) is 9.97. The van der Waals surface area contributed by atoms with Gasteiger partial charge in [0, 0.05) is 5.02 Å². The first-order valence-corrected chi connectivity index (χ1v) is 11.9. The molecule has 0 aliphatic carbocycles. The van der Waals surface area contributed by atoms with Crippen molar-refractivity contribution >= 4 is 35.0 Å². The van der Waals surface area contributed by atoms with Crippen LogP contribution in [0, 0.1) is 0 Å². The van der Waals surface area contributed by atoms with Crippen LogP contribution in [0.5, 0.6) is 17.2 Å². The molecule has 0 saturated carbocycles. The predicted molar refractivity (Wildman–Crippen MR) is 133 cm³/mol. The molecule has 0 saturated heterocycles. The summed E-state index contributed by atoms with van der Waals surface area (Å²) in [6.45, 7) is 3.64. The van der Waals surface area contributed by atoms with Crippen molar-refractivity contribution in [2.45, 2.75) is 19.9 Å². The van der Waals surface area contributed by atoms with E-state index >= 15 is 0 Å². The fourth-order valence-corrected chi connectivity index (χ4v) is 5.07. The molecule has 1 N–H and O–H groups in total. The van der Waals surface area contributed by atoms with Gasteiger partial charge in [0.25, 0.3) is 5.56 Å². The Balaban J connectivity index is 1.95. The summed E-state index contributed by atoms with van der Waals surface area (Å²) in [4.78, 5) is 31.6. The first kappa shape index (κ1) is 24.6. The molecule has 3 aromatic rings. The number of phenols is 1. The molecule has 4 rings (SSSR count). The van der Waals surface area contributed by atoms with Gasteiger partial charge in [-0.05, 0) is 55.3 Å². The number of phenolic OH excluding ortho intramolecular Hbond substituents is 1. The van der Waals surface area contributed by atoms with E-state index in [0.717, 1.165) is 0 Å². The van der Waals surface area contributed by atoms with E-state index in [4.69, 9.17) is 25.8 Å². The van der Waals surface area contributed by atoms with Gasteiger partial charge in [-0.15, -0.1) is 0 Å². The molecule has 0 spiro atoms. The number of benzene rings is 2. The Bertz CT molecular complexity index is 1480. The number of allylic oxidation sites excluding steroid dienone is 1. The average Bonchev–Trinajstić information content (AvgIpc) is 3.14. The number of carbonyl (C=O) groups excluding carboxylic acids is 1. The molecule has 35 heavy (non-hydrogen) atoms.